The van der Waals surface area contributed by atoms with E-state index in [1.807, 2.05) is 6.07 Å². The van der Waals surface area contributed by atoms with Gasteiger partial charge in [-0.3, -0.25) is 9.89 Å². The minimum absolute atomic E-state index is 0.0362. The Morgan fingerprint density at radius 3 is 2.83 bits per heavy atom. The van der Waals surface area contributed by atoms with Gasteiger partial charge in [-0.2, -0.15) is 5.10 Å². The molecule has 30 heavy (non-hydrogen) atoms. The summed E-state index contributed by atoms with van der Waals surface area (Å²) in [4.78, 5) is 29.9. The molecule has 0 bridgehead atoms. The van der Waals surface area contributed by atoms with Gasteiger partial charge in [0.25, 0.3) is 0 Å². The third-order valence-electron chi connectivity index (χ3n) is 6.50. The SMILES string of the molecule is Cc1ncc(CC(=O)Nc2cc(C3CCC(N(C(=O)O)[C@@H]4CCC[C@@H]4C)C3)[nH]n2)o1. The monoisotopic (exact) mass is 415 g/mol. The van der Waals surface area contributed by atoms with Crippen LogP contribution in [0.1, 0.15) is 68.7 Å². The Morgan fingerprint density at radius 1 is 1.33 bits per heavy atom. The predicted molar refractivity (Wildman–Crippen MR) is 109 cm³/mol. The molecule has 4 atom stereocenters. The Labute approximate surface area is 175 Å². The fourth-order valence-electron chi connectivity index (χ4n) is 5.04. The molecule has 0 radical (unpaired) electrons. The van der Waals surface area contributed by atoms with Crippen molar-refractivity contribution < 1.29 is 19.1 Å². The fraction of sp³-hybridized carbons (Fsp3) is 0.619. The van der Waals surface area contributed by atoms with Gasteiger partial charge in [0.15, 0.2) is 11.7 Å². The molecular weight excluding hydrogens is 386 g/mol. The normalized spacial score (nSPS) is 26.1. The first-order valence-electron chi connectivity index (χ1n) is 10.7. The molecule has 2 saturated carbocycles. The maximum absolute atomic E-state index is 12.2. The van der Waals surface area contributed by atoms with Crippen molar-refractivity contribution in [3.63, 3.8) is 0 Å². The first-order valence-corrected chi connectivity index (χ1v) is 10.7. The molecular formula is C21H29N5O4. The number of aryl methyl sites for hydroxylation is 1. The van der Waals surface area contributed by atoms with Crippen LogP contribution in [-0.2, 0) is 11.2 Å². The van der Waals surface area contributed by atoms with Gasteiger partial charge in [-0.05, 0) is 38.0 Å². The molecule has 2 heterocycles. The molecule has 0 aromatic carbocycles. The van der Waals surface area contributed by atoms with Crippen molar-refractivity contribution in [2.75, 3.05) is 5.32 Å². The largest absolute Gasteiger partial charge is 0.465 e. The van der Waals surface area contributed by atoms with Gasteiger partial charge < -0.3 is 19.7 Å². The number of carbonyl (C=O) groups is 2. The first kappa shape index (κ1) is 20.4. The van der Waals surface area contributed by atoms with Crippen LogP contribution in [0.15, 0.2) is 16.7 Å². The predicted octanol–water partition coefficient (Wildman–Crippen LogP) is 3.69. The van der Waals surface area contributed by atoms with Crippen LogP contribution in [0, 0.1) is 12.8 Å². The zero-order valence-corrected chi connectivity index (χ0v) is 17.4. The lowest BCUT2D eigenvalue weighted by Crippen LogP contribution is -2.46. The molecule has 0 aliphatic heterocycles. The summed E-state index contributed by atoms with van der Waals surface area (Å²) in [6.07, 6.45) is 6.53. The second-order valence-corrected chi connectivity index (χ2v) is 8.61. The van der Waals surface area contributed by atoms with Crippen molar-refractivity contribution in [1.29, 1.82) is 0 Å². The van der Waals surface area contributed by atoms with Crippen LogP contribution in [0.25, 0.3) is 0 Å². The van der Waals surface area contributed by atoms with Gasteiger partial charge in [0.1, 0.15) is 5.76 Å². The lowest BCUT2D eigenvalue weighted by molar-refractivity contribution is -0.115. The number of hydrogen-bond acceptors (Lipinski definition) is 5. The second kappa shape index (κ2) is 8.49. The highest BCUT2D eigenvalue weighted by Gasteiger charge is 2.40. The molecule has 0 saturated heterocycles. The number of rotatable bonds is 6. The number of nitrogens with zero attached hydrogens (tertiary/aromatic N) is 3. The molecule has 2 aliphatic rings. The first-order chi connectivity index (χ1) is 14.4. The highest BCUT2D eigenvalue weighted by atomic mass is 16.4. The summed E-state index contributed by atoms with van der Waals surface area (Å²) in [5.41, 5.74) is 0.938. The Morgan fingerprint density at radius 2 is 2.17 bits per heavy atom. The molecule has 2 unspecified atom stereocenters. The average Bonchev–Trinajstić information content (AvgIpc) is 3.45. The van der Waals surface area contributed by atoms with E-state index in [4.69, 9.17) is 4.42 Å². The minimum atomic E-state index is -0.806. The molecule has 162 valence electrons. The molecule has 2 aromatic heterocycles. The van der Waals surface area contributed by atoms with E-state index in [2.05, 4.69) is 27.4 Å². The molecule has 2 aromatic rings. The van der Waals surface area contributed by atoms with Crippen LogP contribution in [0.5, 0.6) is 0 Å². The maximum atomic E-state index is 12.2. The second-order valence-electron chi connectivity index (χ2n) is 8.61. The Balaban J connectivity index is 1.36. The van der Waals surface area contributed by atoms with Crippen LogP contribution in [0.3, 0.4) is 0 Å². The van der Waals surface area contributed by atoms with Gasteiger partial charge >= 0.3 is 6.09 Å². The summed E-state index contributed by atoms with van der Waals surface area (Å²) in [7, 11) is 0. The van der Waals surface area contributed by atoms with E-state index in [-0.39, 0.29) is 30.3 Å². The molecule has 2 amide bonds. The number of oxazole rings is 1. The number of carboxylic acid groups (broad SMARTS) is 1. The van der Waals surface area contributed by atoms with Crippen molar-refractivity contribution in [3.8, 4) is 0 Å². The molecule has 2 fully saturated rings. The highest BCUT2D eigenvalue weighted by Crippen LogP contribution is 2.40. The standard InChI is InChI=1S/C21H29N5O4/c1-12-4-3-5-18(12)26(21(28)29)15-7-6-14(8-15)17-10-19(25-24-17)23-20(27)9-16-11-22-13(2)30-16/h10-12,14-15,18H,3-9H2,1-2H3,(H,28,29)(H2,23,24,25,27)/t12-,14?,15?,18+/m0/s1. The lowest BCUT2D eigenvalue weighted by atomic mass is 10.0. The van der Waals surface area contributed by atoms with Crippen LogP contribution in [0.2, 0.25) is 0 Å². The number of aromatic nitrogens is 3. The number of carbonyl (C=O) groups excluding carboxylic acids is 1. The fourth-order valence-corrected chi connectivity index (χ4v) is 5.04. The number of amides is 2. The number of anilines is 1. The summed E-state index contributed by atoms with van der Waals surface area (Å²) >= 11 is 0. The van der Waals surface area contributed by atoms with Crippen molar-refractivity contribution >= 4 is 17.8 Å². The van der Waals surface area contributed by atoms with Crippen molar-refractivity contribution in [2.24, 2.45) is 5.92 Å². The Kier molecular flexibility index (Phi) is 5.78. The van der Waals surface area contributed by atoms with E-state index in [1.165, 1.54) is 0 Å². The van der Waals surface area contributed by atoms with E-state index < -0.39 is 6.09 Å². The van der Waals surface area contributed by atoms with Gasteiger partial charge in [-0.15, -0.1) is 0 Å². The molecule has 9 nitrogen and oxygen atoms in total. The summed E-state index contributed by atoms with van der Waals surface area (Å²) in [6, 6.07) is 2.01. The molecule has 2 aliphatic carbocycles. The molecule has 0 spiro atoms. The average molecular weight is 415 g/mol. The number of hydrogen-bond donors (Lipinski definition) is 3. The lowest BCUT2D eigenvalue weighted by Gasteiger charge is -2.34. The zero-order valence-electron chi connectivity index (χ0n) is 17.4. The number of H-pyrrole nitrogens is 1. The van der Waals surface area contributed by atoms with Crippen LogP contribution in [0.4, 0.5) is 10.6 Å². The molecule has 3 N–H and O–H groups in total. The molecule has 9 heteroatoms. The van der Waals surface area contributed by atoms with Crippen LogP contribution >= 0.6 is 0 Å². The minimum Gasteiger partial charge on any atom is -0.465 e. The molecule has 4 rings (SSSR count). The number of aromatic amines is 1. The van der Waals surface area contributed by atoms with Crippen molar-refractivity contribution in [3.05, 3.63) is 29.6 Å². The maximum Gasteiger partial charge on any atom is 0.407 e. The van der Waals surface area contributed by atoms with E-state index in [9.17, 15) is 14.7 Å². The number of nitrogens with one attached hydrogen (secondary N) is 2. The third kappa shape index (κ3) is 4.34. The van der Waals surface area contributed by atoms with Gasteiger partial charge in [0, 0.05) is 36.7 Å². The van der Waals surface area contributed by atoms with Gasteiger partial charge in [-0.1, -0.05) is 13.3 Å². The van der Waals surface area contributed by atoms with Crippen molar-refractivity contribution in [1.82, 2.24) is 20.1 Å². The third-order valence-corrected chi connectivity index (χ3v) is 6.50. The quantitative estimate of drug-likeness (QED) is 0.661. The van der Waals surface area contributed by atoms with Gasteiger partial charge in [0.2, 0.25) is 5.91 Å². The summed E-state index contributed by atoms with van der Waals surface area (Å²) in [5, 5.41) is 19.8. The van der Waals surface area contributed by atoms with Crippen LogP contribution in [-0.4, -0.2) is 49.3 Å². The summed E-state index contributed by atoms with van der Waals surface area (Å²) in [5.74, 6) is 1.91. The highest BCUT2D eigenvalue weighted by molar-refractivity contribution is 5.91. The smallest absolute Gasteiger partial charge is 0.407 e. The Hall–Kier alpha value is -2.84. The topological polar surface area (TPSA) is 124 Å². The zero-order chi connectivity index (χ0) is 21.3. The Bertz CT molecular complexity index is 907. The van der Waals surface area contributed by atoms with E-state index in [0.29, 0.717) is 23.4 Å². The van der Waals surface area contributed by atoms with E-state index in [0.717, 1.165) is 44.2 Å². The van der Waals surface area contributed by atoms with Crippen LogP contribution < -0.4 is 5.32 Å². The summed E-state index contributed by atoms with van der Waals surface area (Å²) < 4.78 is 5.33. The van der Waals surface area contributed by atoms with Gasteiger partial charge in [-0.25, -0.2) is 9.78 Å². The van der Waals surface area contributed by atoms with Gasteiger partial charge in [0.05, 0.1) is 12.6 Å². The van der Waals surface area contributed by atoms with E-state index >= 15 is 0 Å². The van der Waals surface area contributed by atoms with Crippen molar-refractivity contribution in [2.45, 2.75) is 76.8 Å². The van der Waals surface area contributed by atoms with E-state index in [1.54, 1.807) is 18.0 Å². The summed E-state index contributed by atoms with van der Waals surface area (Å²) in [6.45, 7) is 3.89.